The van der Waals surface area contributed by atoms with Gasteiger partial charge in [0, 0.05) is 19.5 Å². The number of rotatable bonds is 3. The summed E-state index contributed by atoms with van der Waals surface area (Å²) in [5.74, 6) is 2.42. The van der Waals surface area contributed by atoms with Crippen LogP contribution in [0.2, 0.25) is 0 Å². The first-order valence-electron chi connectivity index (χ1n) is 6.94. The van der Waals surface area contributed by atoms with E-state index in [1.54, 1.807) is 0 Å². The van der Waals surface area contributed by atoms with Gasteiger partial charge >= 0.3 is 0 Å². The Morgan fingerprint density at radius 2 is 1.78 bits per heavy atom. The van der Waals surface area contributed by atoms with Crippen LogP contribution in [0.15, 0.2) is 24.3 Å². The minimum Gasteiger partial charge on any atom is -0.341 e. The average Bonchev–Trinajstić information content (AvgIpc) is 2.98. The molecule has 0 aromatic heterocycles. The zero-order chi connectivity index (χ0) is 12.7. The number of carbonyl (C=O) groups is 1. The van der Waals surface area contributed by atoms with Gasteiger partial charge < -0.3 is 4.90 Å². The highest BCUT2D eigenvalue weighted by Crippen LogP contribution is 2.54. The number of hydrogen-bond donors (Lipinski definition) is 0. The molecular weight excluding hydrogens is 222 g/mol. The SMILES string of the molecule is Cc1ccc(CN(C)C(=O)C2CC3CC3C2)cc1. The Balaban J connectivity index is 1.58. The van der Waals surface area contributed by atoms with Crippen molar-refractivity contribution in [2.45, 2.75) is 32.7 Å². The Kier molecular flexibility index (Phi) is 2.89. The maximum Gasteiger partial charge on any atom is 0.225 e. The van der Waals surface area contributed by atoms with Crippen LogP contribution in [0, 0.1) is 24.7 Å². The van der Waals surface area contributed by atoms with E-state index in [1.807, 2.05) is 11.9 Å². The molecule has 2 heteroatoms. The smallest absolute Gasteiger partial charge is 0.225 e. The van der Waals surface area contributed by atoms with Gasteiger partial charge in [0.1, 0.15) is 0 Å². The molecule has 0 aliphatic heterocycles. The number of hydrogen-bond acceptors (Lipinski definition) is 1. The van der Waals surface area contributed by atoms with E-state index >= 15 is 0 Å². The summed E-state index contributed by atoms with van der Waals surface area (Å²) in [7, 11) is 1.94. The number of aryl methyl sites for hydroxylation is 1. The van der Waals surface area contributed by atoms with E-state index in [1.165, 1.54) is 17.5 Å². The summed E-state index contributed by atoms with van der Waals surface area (Å²) in [6.45, 7) is 2.83. The molecule has 2 unspecified atom stereocenters. The number of carbonyl (C=O) groups excluding carboxylic acids is 1. The molecule has 2 fully saturated rings. The van der Waals surface area contributed by atoms with Gasteiger partial charge in [0.05, 0.1) is 0 Å². The highest BCUT2D eigenvalue weighted by atomic mass is 16.2. The van der Waals surface area contributed by atoms with E-state index in [9.17, 15) is 4.79 Å². The summed E-state index contributed by atoms with van der Waals surface area (Å²) in [6.07, 6.45) is 3.66. The summed E-state index contributed by atoms with van der Waals surface area (Å²) in [4.78, 5) is 14.2. The summed E-state index contributed by atoms with van der Waals surface area (Å²) in [5, 5.41) is 0. The molecule has 0 N–H and O–H groups in total. The molecule has 2 saturated carbocycles. The molecule has 1 aromatic rings. The summed E-state index contributed by atoms with van der Waals surface area (Å²) < 4.78 is 0. The fourth-order valence-corrected chi connectivity index (χ4v) is 3.27. The molecule has 1 aromatic carbocycles. The van der Waals surface area contributed by atoms with Gasteiger partial charge in [0.2, 0.25) is 5.91 Å². The largest absolute Gasteiger partial charge is 0.341 e. The molecule has 2 atom stereocenters. The molecule has 18 heavy (non-hydrogen) atoms. The zero-order valence-electron chi connectivity index (χ0n) is 11.2. The third-order valence-electron chi connectivity index (χ3n) is 4.51. The van der Waals surface area contributed by atoms with Crippen LogP contribution in [0.1, 0.15) is 30.4 Å². The van der Waals surface area contributed by atoms with Crippen molar-refractivity contribution in [3.05, 3.63) is 35.4 Å². The lowest BCUT2D eigenvalue weighted by Gasteiger charge is -2.22. The first-order chi connectivity index (χ1) is 8.63. The van der Waals surface area contributed by atoms with E-state index in [4.69, 9.17) is 0 Å². The van der Waals surface area contributed by atoms with Crippen LogP contribution in [0.25, 0.3) is 0 Å². The van der Waals surface area contributed by atoms with Crippen LogP contribution in [-0.2, 0) is 11.3 Å². The Hall–Kier alpha value is -1.31. The molecule has 2 nitrogen and oxygen atoms in total. The summed E-state index contributed by atoms with van der Waals surface area (Å²) >= 11 is 0. The minimum absolute atomic E-state index is 0.309. The van der Waals surface area contributed by atoms with Crippen LogP contribution in [0.3, 0.4) is 0 Å². The molecule has 0 bridgehead atoms. The van der Waals surface area contributed by atoms with Crippen molar-refractivity contribution < 1.29 is 4.79 Å². The molecular formula is C16H21NO. The van der Waals surface area contributed by atoms with Gasteiger partial charge in [-0.15, -0.1) is 0 Å². The monoisotopic (exact) mass is 243 g/mol. The van der Waals surface area contributed by atoms with Gasteiger partial charge in [-0.25, -0.2) is 0 Å². The van der Waals surface area contributed by atoms with Crippen LogP contribution in [-0.4, -0.2) is 17.9 Å². The molecule has 96 valence electrons. The van der Waals surface area contributed by atoms with Crippen molar-refractivity contribution in [1.29, 1.82) is 0 Å². The maximum atomic E-state index is 12.3. The van der Waals surface area contributed by atoms with E-state index in [-0.39, 0.29) is 0 Å². The first kappa shape index (κ1) is 11.8. The van der Waals surface area contributed by atoms with Crippen molar-refractivity contribution in [1.82, 2.24) is 4.90 Å². The molecule has 2 aliphatic carbocycles. The van der Waals surface area contributed by atoms with Crippen molar-refractivity contribution in [2.75, 3.05) is 7.05 Å². The third-order valence-corrected chi connectivity index (χ3v) is 4.51. The normalized spacial score (nSPS) is 28.9. The van der Waals surface area contributed by atoms with E-state index in [0.717, 1.165) is 31.2 Å². The molecule has 0 heterocycles. The third kappa shape index (κ3) is 2.29. The lowest BCUT2D eigenvalue weighted by atomic mass is 10.0. The number of benzene rings is 1. The second kappa shape index (κ2) is 4.42. The molecule has 0 spiro atoms. The lowest BCUT2D eigenvalue weighted by molar-refractivity contribution is -0.134. The van der Waals surface area contributed by atoms with Crippen molar-refractivity contribution in [2.24, 2.45) is 17.8 Å². The molecule has 3 rings (SSSR count). The molecule has 1 amide bonds. The van der Waals surface area contributed by atoms with Gasteiger partial charge in [-0.2, -0.15) is 0 Å². The Labute approximate surface area is 109 Å². The summed E-state index contributed by atoms with van der Waals surface area (Å²) in [6, 6.07) is 8.45. The highest BCUT2D eigenvalue weighted by molar-refractivity contribution is 5.79. The predicted molar refractivity (Wildman–Crippen MR) is 72.0 cm³/mol. The van der Waals surface area contributed by atoms with Gasteiger partial charge in [-0.3, -0.25) is 4.79 Å². The second-order valence-corrected chi connectivity index (χ2v) is 6.10. The van der Waals surface area contributed by atoms with Crippen LogP contribution >= 0.6 is 0 Å². The molecule has 0 radical (unpaired) electrons. The summed E-state index contributed by atoms with van der Waals surface area (Å²) in [5.41, 5.74) is 2.49. The minimum atomic E-state index is 0.309. The van der Waals surface area contributed by atoms with Gasteiger partial charge in [-0.05, 0) is 43.6 Å². The Morgan fingerprint density at radius 1 is 1.17 bits per heavy atom. The van der Waals surface area contributed by atoms with Gasteiger partial charge in [-0.1, -0.05) is 29.8 Å². The highest BCUT2D eigenvalue weighted by Gasteiger charge is 2.48. The number of fused-ring (bicyclic) bond motifs is 1. The fourth-order valence-electron chi connectivity index (χ4n) is 3.27. The fraction of sp³-hybridized carbons (Fsp3) is 0.562. The van der Waals surface area contributed by atoms with Crippen LogP contribution in [0.5, 0.6) is 0 Å². The van der Waals surface area contributed by atoms with Gasteiger partial charge in [0.15, 0.2) is 0 Å². The van der Waals surface area contributed by atoms with Crippen molar-refractivity contribution in [3.63, 3.8) is 0 Å². The molecule has 0 saturated heterocycles. The van der Waals surface area contributed by atoms with Gasteiger partial charge in [0.25, 0.3) is 0 Å². The topological polar surface area (TPSA) is 20.3 Å². The van der Waals surface area contributed by atoms with Crippen LogP contribution < -0.4 is 0 Å². The van der Waals surface area contributed by atoms with Crippen molar-refractivity contribution in [3.8, 4) is 0 Å². The number of nitrogens with zero attached hydrogens (tertiary/aromatic N) is 1. The zero-order valence-corrected chi connectivity index (χ0v) is 11.2. The maximum absolute atomic E-state index is 12.3. The second-order valence-electron chi connectivity index (χ2n) is 6.10. The van der Waals surface area contributed by atoms with E-state index in [0.29, 0.717) is 11.8 Å². The van der Waals surface area contributed by atoms with E-state index in [2.05, 4.69) is 31.2 Å². The Morgan fingerprint density at radius 3 is 2.39 bits per heavy atom. The van der Waals surface area contributed by atoms with Crippen LogP contribution in [0.4, 0.5) is 0 Å². The molecule has 2 aliphatic rings. The lowest BCUT2D eigenvalue weighted by Crippen LogP contribution is -2.31. The standard InChI is InChI=1S/C16H21NO/c1-11-3-5-12(6-4-11)10-17(2)16(18)15-8-13-7-14(13)9-15/h3-6,13-15H,7-10H2,1-2H3. The Bertz CT molecular complexity index is 441. The predicted octanol–water partition coefficient (Wildman–Crippen LogP) is 3.00. The van der Waals surface area contributed by atoms with Crippen molar-refractivity contribution >= 4 is 5.91 Å². The van der Waals surface area contributed by atoms with E-state index < -0.39 is 0 Å². The quantitative estimate of drug-likeness (QED) is 0.799. The number of amides is 1. The first-order valence-corrected chi connectivity index (χ1v) is 6.94. The average molecular weight is 243 g/mol.